The topological polar surface area (TPSA) is 26.0 Å². The maximum Gasteiger partial charge on any atom is 0.00387 e. The third kappa shape index (κ3) is 1.72. The first-order valence-electron chi connectivity index (χ1n) is 4.38. The summed E-state index contributed by atoms with van der Waals surface area (Å²) in [7, 11) is 0. The zero-order valence-electron chi connectivity index (χ0n) is 7.30. The zero-order valence-corrected chi connectivity index (χ0v) is 7.30. The molecule has 1 saturated carbocycles. The highest BCUT2D eigenvalue weighted by Crippen LogP contribution is 2.40. The van der Waals surface area contributed by atoms with E-state index in [0.717, 1.165) is 11.8 Å². The van der Waals surface area contributed by atoms with Crippen LogP contribution in [0.2, 0.25) is 0 Å². The fourth-order valence-electron chi connectivity index (χ4n) is 1.53. The van der Waals surface area contributed by atoms with Crippen molar-refractivity contribution in [1.82, 2.24) is 0 Å². The summed E-state index contributed by atoms with van der Waals surface area (Å²) in [6, 6.07) is 0.371. The molecule has 0 amide bonds. The van der Waals surface area contributed by atoms with E-state index >= 15 is 0 Å². The zero-order chi connectivity index (χ0) is 7.72. The summed E-state index contributed by atoms with van der Waals surface area (Å²) in [6.07, 6.45) is 2.89. The van der Waals surface area contributed by atoms with Gasteiger partial charge in [-0.05, 0) is 37.5 Å². The Morgan fingerprint density at radius 3 is 2.00 bits per heavy atom. The maximum atomic E-state index is 5.80. The van der Waals surface area contributed by atoms with Crippen LogP contribution in [0.1, 0.15) is 33.6 Å². The molecule has 0 spiro atoms. The molecule has 0 aromatic heterocycles. The van der Waals surface area contributed by atoms with Gasteiger partial charge in [0.25, 0.3) is 0 Å². The van der Waals surface area contributed by atoms with Gasteiger partial charge in [-0.3, -0.25) is 0 Å². The van der Waals surface area contributed by atoms with Crippen LogP contribution >= 0.6 is 0 Å². The molecule has 2 N–H and O–H groups in total. The van der Waals surface area contributed by atoms with E-state index < -0.39 is 0 Å². The smallest absolute Gasteiger partial charge is 0.00387 e. The fourth-order valence-corrected chi connectivity index (χ4v) is 1.53. The molecule has 1 nitrogen and oxygen atoms in total. The summed E-state index contributed by atoms with van der Waals surface area (Å²) in [6.45, 7) is 6.73. The fraction of sp³-hybridized carbons (Fsp3) is 1.00. The Morgan fingerprint density at radius 2 is 1.70 bits per heavy atom. The summed E-state index contributed by atoms with van der Waals surface area (Å²) in [5.74, 6) is 2.55. The average molecular weight is 141 g/mol. The molecular weight excluding hydrogens is 122 g/mol. The third-order valence-corrected chi connectivity index (χ3v) is 3.02. The normalized spacial score (nSPS) is 27.6. The lowest BCUT2D eigenvalue weighted by molar-refractivity contribution is 0.305. The van der Waals surface area contributed by atoms with Gasteiger partial charge in [-0.15, -0.1) is 0 Å². The average Bonchev–Trinajstić information content (AvgIpc) is 2.65. The van der Waals surface area contributed by atoms with Crippen molar-refractivity contribution >= 4 is 0 Å². The predicted octanol–water partition coefficient (Wildman–Crippen LogP) is 2.02. The van der Waals surface area contributed by atoms with E-state index in [-0.39, 0.29) is 0 Å². The summed E-state index contributed by atoms with van der Waals surface area (Å²) in [5.41, 5.74) is 5.80. The molecule has 3 atom stereocenters. The standard InChI is InChI=1S/C9H19N/c1-6(8(3)10)7(2)9-4-5-9/h6-9H,4-5,10H2,1-3H3/t6-,7?,8?/m1/s1. The second-order valence-electron chi connectivity index (χ2n) is 3.91. The molecule has 2 unspecified atom stereocenters. The molecule has 1 heteroatoms. The van der Waals surface area contributed by atoms with Gasteiger partial charge in [0.1, 0.15) is 0 Å². The molecule has 0 radical (unpaired) electrons. The molecule has 0 aliphatic heterocycles. The Kier molecular flexibility index (Phi) is 2.35. The van der Waals surface area contributed by atoms with Crippen LogP contribution < -0.4 is 5.73 Å². The maximum absolute atomic E-state index is 5.80. The minimum absolute atomic E-state index is 0.371. The van der Waals surface area contributed by atoms with E-state index in [2.05, 4.69) is 20.8 Å². The van der Waals surface area contributed by atoms with Crippen molar-refractivity contribution in [2.45, 2.75) is 39.7 Å². The molecule has 10 heavy (non-hydrogen) atoms. The number of hydrogen-bond acceptors (Lipinski definition) is 1. The SMILES string of the molecule is CC(N)[C@H](C)C(C)C1CC1. The number of rotatable bonds is 3. The van der Waals surface area contributed by atoms with Crippen LogP contribution in [0.15, 0.2) is 0 Å². The molecule has 0 heterocycles. The van der Waals surface area contributed by atoms with Crippen LogP contribution in [0.5, 0.6) is 0 Å². The highest BCUT2D eigenvalue weighted by Gasteiger charge is 2.32. The van der Waals surface area contributed by atoms with Crippen molar-refractivity contribution in [2.24, 2.45) is 23.5 Å². The van der Waals surface area contributed by atoms with Gasteiger partial charge in [-0.2, -0.15) is 0 Å². The van der Waals surface area contributed by atoms with Gasteiger partial charge in [0.2, 0.25) is 0 Å². The lowest BCUT2D eigenvalue weighted by Gasteiger charge is -2.22. The Balaban J connectivity index is 2.30. The molecule has 1 aliphatic rings. The number of nitrogens with two attached hydrogens (primary N) is 1. The van der Waals surface area contributed by atoms with Crippen molar-refractivity contribution in [3.05, 3.63) is 0 Å². The summed E-state index contributed by atoms with van der Waals surface area (Å²) >= 11 is 0. The Labute approximate surface area is 64.0 Å². The van der Waals surface area contributed by atoms with E-state index in [1.54, 1.807) is 0 Å². The summed E-state index contributed by atoms with van der Waals surface area (Å²) < 4.78 is 0. The molecule has 1 fully saturated rings. The molecule has 1 rings (SSSR count). The Hall–Kier alpha value is -0.0400. The lowest BCUT2D eigenvalue weighted by atomic mass is 9.87. The molecule has 1 aliphatic carbocycles. The van der Waals surface area contributed by atoms with E-state index in [1.165, 1.54) is 12.8 Å². The van der Waals surface area contributed by atoms with Crippen molar-refractivity contribution < 1.29 is 0 Å². The minimum atomic E-state index is 0.371. The van der Waals surface area contributed by atoms with E-state index in [4.69, 9.17) is 5.73 Å². The van der Waals surface area contributed by atoms with Gasteiger partial charge in [0, 0.05) is 6.04 Å². The number of hydrogen-bond donors (Lipinski definition) is 1. The molecule has 0 bridgehead atoms. The molecule has 0 saturated heterocycles. The first kappa shape index (κ1) is 8.06. The first-order chi connectivity index (χ1) is 4.63. The van der Waals surface area contributed by atoms with Crippen molar-refractivity contribution in [1.29, 1.82) is 0 Å². The second kappa shape index (κ2) is 2.91. The highest BCUT2D eigenvalue weighted by molar-refractivity contribution is 4.83. The first-order valence-corrected chi connectivity index (χ1v) is 4.38. The van der Waals surface area contributed by atoms with Crippen LogP contribution in [0.4, 0.5) is 0 Å². The summed E-state index contributed by atoms with van der Waals surface area (Å²) in [5, 5.41) is 0. The van der Waals surface area contributed by atoms with E-state index in [1.807, 2.05) is 0 Å². The van der Waals surface area contributed by atoms with Crippen LogP contribution in [0, 0.1) is 17.8 Å². The Bertz CT molecular complexity index is 99.3. The highest BCUT2D eigenvalue weighted by atomic mass is 14.6. The van der Waals surface area contributed by atoms with Gasteiger partial charge in [0.15, 0.2) is 0 Å². The van der Waals surface area contributed by atoms with Crippen molar-refractivity contribution in [2.75, 3.05) is 0 Å². The van der Waals surface area contributed by atoms with Gasteiger partial charge in [-0.1, -0.05) is 13.8 Å². The lowest BCUT2D eigenvalue weighted by Crippen LogP contribution is -2.29. The van der Waals surface area contributed by atoms with Gasteiger partial charge in [0.05, 0.1) is 0 Å². The molecule has 0 aromatic rings. The van der Waals surface area contributed by atoms with Crippen molar-refractivity contribution in [3.8, 4) is 0 Å². The minimum Gasteiger partial charge on any atom is -0.328 e. The largest absolute Gasteiger partial charge is 0.328 e. The second-order valence-corrected chi connectivity index (χ2v) is 3.91. The molecule has 0 aromatic carbocycles. The van der Waals surface area contributed by atoms with E-state index in [9.17, 15) is 0 Å². The third-order valence-electron chi connectivity index (χ3n) is 3.02. The van der Waals surface area contributed by atoms with Crippen LogP contribution in [-0.2, 0) is 0 Å². The molecular formula is C9H19N. The predicted molar refractivity (Wildman–Crippen MR) is 44.7 cm³/mol. The molecule has 60 valence electrons. The van der Waals surface area contributed by atoms with Crippen LogP contribution in [-0.4, -0.2) is 6.04 Å². The Morgan fingerprint density at radius 1 is 1.20 bits per heavy atom. The van der Waals surface area contributed by atoms with Crippen molar-refractivity contribution in [3.63, 3.8) is 0 Å². The monoisotopic (exact) mass is 141 g/mol. The van der Waals surface area contributed by atoms with Gasteiger partial charge >= 0.3 is 0 Å². The van der Waals surface area contributed by atoms with Crippen LogP contribution in [0.3, 0.4) is 0 Å². The van der Waals surface area contributed by atoms with Gasteiger partial charge < -0.3 is 5.73 Å². The van der Waals surface area contributed by atoms with Crippen LogP contribution in [0.25, 0.3) is 0 Å². The quantitative estimate of drug-likeness (QED) is 0.639. The summed E-state index contributed by atoms with van der Waals surface area (Å²) in [4.78, 5) is 0. The van der Waals surface area contributed by atoms with Gasteiger partial charge in [-0.25, -0.2) is 0 Å². The van der Waals surface area contributed by atoms with E-state index in [0.29, 0.717) is 12.0 Å².